The van der Waals surface area contributed by atoms with Crippen molar-refractivity contribution in [2.75, 3.05) is 0 Å². The molecule has 0 atom stereocenters. The van der Waals surface area contributed by atoms with Crippen LogP contribution in [-0.4, -0.2) is 40.2 Å². The predicted octanol–water partition coefficient (Wildman–Crippen LogP) is 0.0593. The summed E-state index contributed by atoms with van der Waals surface area (Å²) in [4.78, 5) is 19.1. The molecule has 0 fully saturated rings. The Morgan fingerprint density at radius 3 is 2.95 bits per heavy atom. The fraction of sp³-hybridized carbons (Fsp3) is 0.0909. The molecule has 0 bridgehead atoms. The van der Waals surface area contributed by atoms with Crippen molar-refractivity contribution in [1.82, 2.24) is 40.2 Å². The average Bonchev–Trinajstić information content (AvgIpc) is 3.08. The lowest BCUT2D eigenvalue weighted by Gasteiger charge is -2.00. The van der Waals surface area contributed by atoms with Gasteiger partial charge in [-0.2, -0.15) is 9.73 Å². The third-order valence-electron chi connectivity index (χ3n) is 3.00. The molecule has 0 aliphatic heterocycles. The summed E-state index contributed by atoms with van der Waals surface area (Å²) < 4.78 is 1.20. The van der Waals surface area contributed by atoms with E-state index in [0.717, 1.165) is 10.9 Å². The zero-order chi connectivity index (χ0) is 13.7. The highest BCUT2D eigenvalue weighted by atomic mass is 16.1. The maximum atomic E-state index is 12.0. The minimum Gasteiger partial charge on any atom is -0.305 e. The molecule has 20 heavy (non-hydrogen) atoms. The molecule has 3 heterocycles. The van der Waals surface area contributed by atoms with E-state index < -0.39 is 0 Å². The Labute approximate surface area is 110 Å². The summed E-state index contributed by atoms with van der Waals surface area (Å²) in [6, 6.07) is 5.70. The van der Waals surface area contributed by atoms with E-state index in [-0.39, 0.29) is 17.3 Å². The fourth-order valence-corrected chi connectivity index (χ4v) is 2.10. The van der Waals surface area contributed by atoms with Crippen molar-refractivity contribution in [3.05, 3.63) is 34.2 Å². The highest BCUT2D eigenvalue weighted by Gasteiger charge is 2.14. The Balaban J connectivity index is 2.15. The molecule has 0 saturated heterocycles. The molecule has 0 unspecified atom stereocenters. The Hall–Kier alpha value is -3.10. The maximum Gasteiger partial charge on any atom is 0.348 e. The molecular formula is C11H8N8O. The number of rotatable bonds is 1. The van der Waals surface area contributed by atoms with E-state index in [4.69, 9.17) is 0 Å². The van der Waals surface area contributed by atoms with Crippen LogP contribution in [0.2, 0.25) is 0 Å². The van der Waals surface area contributed by atoms with E-state index in [1.807, 2.05) is 25.1 Å². The normalized spacial score (nSPS) is 11.4. The van der Waals surface area contributed by atoms with Gasteiger partial charge in [-0.3, -0.25) is 0 Å². The molecular weight excluding hydrogens is 260 g/mol. The van der Waals surface area contributed by atoms with Crippen molar-refractivity contribution in [2.45, 2.75) is 6.92 Å². The molecule has 2 N–H and O–H groups in total. The van der Waals surface area contributed by atoms with Crippen LogP contribution in [0.3, 0.4) is 0 Å². The number of aromatic nitrogens is 8. The average molecular weight is 268 g/mol. The number of tetrazole rings is 1. The van der Waals surface area contributed by atoms with E-state index in [0.29, 0.717) is 11.2 Å². The highest BCUT2D eigenvalue weighted by Crippen LogP contribution is 2.18. The number of aromatic amines is 2. The quantitative estimate of drug-likeness (QED) is 0.504. The van der Waals surface area contributed by atoms with Crippen LogP contribution in [0.15, 0.2) is 23.0 Å². The van der Waals surface area contributed by atoms with Gasteiger partial charge in [0, 0.05) is 5.39 Å². The first-order valence-electron chi connectivity index (χ1n) is 5.85. The molecule has 0 amide bonds. The monoisotopic (exact) mass is 268 g/mol. The first-order valence-corrected chi connectivity index (χ1v) is 5.85. The number of hydrogen-bond acceptors (Lipinski definition) is 6. The smallest absolute Gasteiger partial charge is 0.305 e. The second kappa shape index (κ2) is 3.70. The molecule has 4 aromatic rings. The topological polar surface area (TPSA) is 118 Å². The van der Waals surface area contributed by atoms with Crippen molar-refractivity contribution < 1.29 is 0 Å². The van der Waals surface area contributed by atoms with Crippen molar-refractivity contribution in [3.63, 3.8) is 0 Å². The van der Waals surface area contributed by atoms with Gasteiger partial charge >= 0.3 is 5.69 Å². The number of nitrogens with one attached hydrogen (secondary N) is 2. The largest absolute Gasteiger partial charge is 0.348 e. The van der Waals surface area contributed by atoms with Gasteiger partial charge in [0.2, 0.25) is 11.6 Å². The van der Waals surface area contributed by atoms with Gasteiger partial charge in [-0.05, 0) is 24.3 Å². The number of H-pyrrole nitrogens is 2. The third-order valence-corrected chi connectivity index (χ3v) is 3.00. The van der Waals surface area contributed by atoms with Crippen molar-refractivity contribution in [3.8, 4) is 11.6 Å². The van der Waals surface area contributed by atoms with E-state index in [9.17, 15) is 4.79 Å². The second-order valence-corrected chi connectivity index (χ2v) is 4.39. The Morgan fingerprint density at radius 2 is 2.15 bits per heavy atom. The minimum atomic E-state index is -0.362. The summed E-state index contributed by atoms with van der Waals surface area (Å²) in [7, 11) is 0. The maximum absolute atomic E-state index is 12.0. The number of hydrogen-bond donors (Lipinski definition) is 2. The van der Waals surface area contributed by atoms with Gasteiger partial charge in [-0.15, -0.1) is 15.3 Å². The van der Waals surface area contributed by atoms with E-state index in [2.05, 4.69) is 35.7 Å². The molecule has 0 radical (unpaired) electrons. The van der Waals surface area contributed by atoms with Crippen LogP contribution in [0.1, 0.15) is 5.56 Å². The lowest BCUT2D eigenvalue weighted by atomic mass is 10.2. The van der Waals surface area contributed by atoms with Gasteiger partial charge in [0.05, 0.1) is 5.52 Å². The van der Waals surface area contributed by atoms with Gasteiger partial charge in [-0.1, -0.05) is 11.6 Å². The molecule has 0 aliphatic rings. The lowest BCUT2D eigenvalue weighted by molar-refractivity contribution is 0.880. The fourth-order valence-electron chi connectivity index (χ4n) is 2.10. The summed E-state index contributed by atoms with van der Waals surface area (Å²) in [6.45, 7) is 1.97. The highest BCUT2D eigenvalue weighted by molar-refractivity contribution is 5.91. The second-order valence-electron chi connectivity index (χ2n) is 4.39. The van der Waals surface area contributed by atoms with Crippen molar-refractivity contribution in [1.29, 1.82) is 0 Å². The first kappa shape index (κ1) is 10.8. The molecule has 1 aromatic carbocycles. The van der Waals surface area contributed by atoms with Crippen LogP contribution >= 0.6 is 0 Å². The van der Waals surface area contributed by atoms with Gasteiger partial charge in [0.1, 0.15) is 0 Å². The van der Waals surface area contributed by atoms with E-state index in [1.54, 1.807) is 0 Å². The third kappa shape index (κ3) is 1.43. The first-order chi connectivity index (χ1) is 9.72. The molecule has 9 nitrogen and oxygen atoms in total. The van der Waals surface area contributed by atoms with Crippen LogP contribution in [0, 0.1) is 6.92 Å². The molecule has 0 saturated carbocycles. The minimum absolute atomic E-state index is 0.244. The van der Waals surface area contributed by atoms with E-state index >= 15 is 0 Å². The summed E-state index contributed by atoms with van der Waals surface area (Å²) in [6.07, 6.45) is 0. The zero-order valence-electron chi connectivity index (χ0n) is 10.3. The molecule has 0 aliphatic carbocycles. The standard InChI is InChI=1S/C11H8N8O/c1-5-2-3-7-6(4-5)10-13-8(9-14-17-18-15-9)16-19(10)11(20)12-7/h2-4H,1H3,(H,12,20)(H,14,15,17,18). The van der Waals surface area contributed by atoms with Crippen LogP contribution in [-0.2, 0) is 0 Å². The van der Waals surface area contributed by atoms with Crippen LogP contribution < -0.4 is 5.69 Å². The van der Waals surface area contributed by atoms with Crippen LogP contribution in [0.4, 0.5) is 0 Å². The lowest BCUT2D eigenvalue weighted by Crippen LogP contribution is -2.17. The molecule has 4 rings (SSSR count). The number of nitrogens with zero attached hydrogens (tertiary/aromatic N) is 6. The number of aryl methyl sites for hydroxylation is 1. The van der Waals surface area contributed by atoms with Gasteiger partial charge in [-0.25, -0.2) is 9.78 Å². The Bertz CT molecular complexity index is 981. The molecule has 98 valence electrons. The van der Waals surface area contributed by atoms with E-state index in [1.165, 1.54) is 4.52 Å². The summed E-state index contributed by atoms with van der Waals surface area (Å²) in [5.41, 5.74) is 1.88. The number of benzene rings is 1. The molecule has 3 aromatic heterocycles. The molecule has 9 heteroatoms. The summed E-state index contributed by atoms with van der Waals surface area (Å²) in [5, 5.41) is 18.3. The van der Waals surface area contributed by atoms with Crippen molar-refractivity contribution >= 4 is 16.6 Å². The van der Waals surface area contributed by atoms with Gasteiger partial charge in [0.15, 0.2) is 5.65 Å². The van der Waals surface area contributed by atoms with Crippen LogP contribution in [0.25, 0.3) is 28.2 Å². The Morgan fingerprint density at radius 1 is 1.25 bits per heavy atom. The summed E-state index contributed by atoms with van der Waals surface area (Å²) >= 11 is 0. The van der Waals surface area contributed by atoms with Gasteiger partial charge < -0.3 is 4.98 Å². The Kier molecular flexibility index (Phi) is 1.99. The SMILES string of the molecule is Cc1ccc2[nH]c(=O)n3nc(-c4nn[nH]n4)nc3c2c1. The number of fused-ring (bicyclic) bond motifs is 3. The van der Waals surface area contributed by atoms with Gasteiger partial charge in [0.25, 0.3) is 0 Å². The van der Waals surface area contributed by atoms with Crippen molar-refractivity contribution in [2.24, 2.45) is 0 Å². The zero-order valence-corrected chi connectivity index (χ0v) is 10.3. The van der Waals surface area contributed by atoms with Crippen LogP contribution in [0.5, 0.6) is 0 Å². The summed E-state index contributed by atoms with van der Waals surface area (Å²) in [5.74, 6) is 0.493. The predicted molar refractivity (Wildman–Crippen MR) is 69.0 cm³/mol. The molecule has 0 spiro atoms.